The van der Waals surface area contributed by atoms with Gasteiger partial charge in [-0.1, -0.05) is 11.6 Å². The van der Waals surface area contributed by atoms with E-state index in [0.717, 1.165) is 12.0 Å². The molecule has 2 heterocycles. The molecule has 0 aliphatic carbocycles. The fourth-order valence-corrected chi connectivity index (χ4v) is 3.54. The number of hydrogen-bond acceptors (Lipinski definition) is 3. The molecule has 4 nitrogen and oxygen atoms in total. The molecular weight excluding hydrogens is 286 g/mol. The van der Waals surface area contributed by atoms with Gasteiger partial charge >= 0.3 is 5.97 Å². The van der Waals surface area contributed by atoms with E-state index in [4.69, 9.17) is 16.7 Å². The van der Waals surface area contributed by atoms with Crippen molar-refractivity contribution in [3.63, 3.8) is 0 Å². The topological polar surface area (TPSA) is 57.6 Å². The predicted octanol–water partition coefficient (Wildman–Crippen LogP) is 3.04. The number of carboxylic acid groups (broad SMARTS) is 1. The van der Waals surface area contributed by atoms with Gasteiger partial charge in [-0.05, 0) is 36.6 Å². The van der Waals surface area contributed by atoms with Crippen LogP contribution < -0.4 is 0 Å². The summed E-state index contributed by atoms with van der Waals surface area (Å²) in [6.45, 7) is 3.21. The van der Waals surface area contributed by atoms with Crippen molar-refractivity contribution in [3.05, 3.63) is 20.8 Å². The monoisotopic (exact) mass is 301 g/mol. The summed E-state index contributed by atoms with van der Waals surface area (Å²) >= 11 is 7.48. The summed E-state index contributed by atoms with van der Waals surface area (Å²) in [7, 11) is 0. The standard InChI is InChI=1S/C13H16ClNO3S/c1-8-7-19-12(11(8)14)13(18)15-5-4-9(6-15)2-3-10(16)17/h7,9H,2-6H2,1H3,(H,16,17). The van der Waals surface area contributed by atoms with Crippen molar-refractivity contribution in [2.24, 2.45) is 5.92 Å². The van der Waals surface area contributed by atoms with Crippen molar-refractivity contribution >= 4 is 34.8 Å². The Kier molecular flexibility index (Phi) is 4.47. The Hall–Kier alpha value is -1.07. The number of thiophene rings is 1. The molecule has 1 N–H and O–H groups in total. The molecule has 1 aromatic rings. The number of carbonyl (C=O) groups excluding carboxylic acids is 1. The molecule has 1 aliphatic rings. The van der Waals surface area contributed by atoms with E-state index in [2.05, 4.69) is 0 Å². The van der Waals surface area contributed by atoms with Gasteiger partial charge in [0.05, 0.1) is 5.02 Å². The second-order valence-corrected chi connectivity index (χ2v) is 6.16. The number of carbonyl (C=O) groups is 2. The first kappa shape index (κ1) is 14.3. The molecule has 0 bridgehead atoms. The predicted molar refractivity (Wildman–Crippen MR) is 74.9 cm³/mol. The van der Waals surface area contributed by atoms with Crippen LogP contribution in [0.4, 0.5) is 0 Å². The Bertz CT molecular complexity index is 500. The Labute approximate surface area is 121 Å². The highest BCUT2D eigenvalue weighted by atomic mass is 35.5. The molecule has 1 amide bonds. The van der Waals surface area contributed by atoms with Crippen LogP contribution in [-0.4, -0.2) is 35.0 Å². The van der Waals surface area contributed by atoms with Gasteiger partial charge in [0.2, 0.25) is 0 Å². The molecule has 1 saturated heterocycles. The quantitative estimate of drug-likeness (QED) is 0.930. The first-order valence-corrected chi connectivity index (χ1v) is 7.49. The molecule has 1 aromatic heterocycles. The summed E-state index contributed by atoms with van der Waals surface area (Å²) in [5.41, 5.74) is 0.927. The average Bonchev–Trinajstić information content (AvgIpc) is 2.95. The van der Waals surface area contributed by atoms with E-state index in [1.165, 1.54) is 11.3 Å². The molecule has 0 spiro atoms. The number of likely N-dealkylation sites (tertiary alicyclic amines) is 1. The number of rotatable bonds is 4. The van der Waals surface area contributed by atoms with Gasteiger partial charge in [-0.25, -0.2) is 0 Å². The summed E-state index contributed by atoms with van der Waals surface area (Å²) in [5, 5.41) is 11.1. The maximum Gasteiger partial charge on any atom is 0.303 e. The highest BCUT2D eigenvalue weighted by molar-refractivity contribution is 7.13. The van der Waals surface area contributed by atoms with E-state index in [9.17, 15) is 9.59 Å². The van der Waals surface area contributed by atoms with Crippen molar-refractivity contribution in [1.82, 2.24) is 4.90 Å². The first-order chi connectivity index (χ1) is 8.99. The summed E-state index contributed by atoms with van der Waals surface area (Å²) in [4.78, 5) is 25.2. The molecule has 0 radical (unpaired) electrons. The largest absolute Gasteiger partial charge is 0.481 e. The van der Waals surface area contributed by atoms with Gasteiger partial charge in [-0.3, -0.25) is 9.59 Å². The fourth-order valence-electron chi connectivity index (χ4n) is 2.30. The Morgan fingerprint density at radius 3 is 2.89 bits per heavy atom. The van der Waals surface area contributed by atoms with Crippen LogP contribution in [0.1, 0.15) is 34.5 Å². The van der Waals surface area contributed by atoms with Crippen molar-refractivity contribution in [2.75, 3.05) is 13.1 Å². The van der Waals surface area contributed by atoms with E-state index < -0.39 is 5.97 Å². The maximum atomic E-state index is 12.3. The number of aryl methyl sites for hydroxylation is 1. The van der Waals surface area contributed by atoms with Gasteiger partial charge < -0.3 is 10.0 Å². The SMILES string of the molecule is Cc1csc(C(=O)N2CCC(CCC(=O)O)C2)c1Cl. The van der Waals surface area contributed by atoms with Crippen LogP contribution in [0.25, 0.3) is 0 Å². The van der Waals surface area contributed by atoms with Gasteiger partial charge in [0, 0.05) is 19.5 Å². The molecule has 1 aliphatic heterocycles. The smallest absolute Gasteiger partial charge is 0.303 e. The van der Waals surface area contributed by atoms with Gasteiger partial charge in [0.1, 0.15) is 4.88 Å². The van der Waals surface area contributed by atoms with Crippen LogP contribution >= 0.6 is 22.9 Å². The number of halogens is 1. The molecule has 0 aromatic carbocycles. The molecule has 1 unspecified atom stereocenters. The van der Waals surface area contributed by atoms with Crippen LogP contribution in [0.5, 0.6) is 0 Å². The zero-order chi connectivity index (χ0) is 14.0. The highest BCUT2D eigenvalue weighted by Crippen LogP contribution is 2.30. The first-order valence-electron chi connectivity index (χ1n) is 6.23. The Morgan fingerprint density at radius 2 is 2.32 bits per heavy atom. The number of amides is 1. The third-order valence-corrected chi connectivity index (χ3v) is 5.12. The average molecular weight is 302 g/mol. The summed E-state index contributed by atoms with van der Waals surface area (Å²) in [6, 6.07) is 0. The number of hydrogen-bond donors (Lipinski definition) is 1. The molecule has 0 saturated carbocycles. The third kappa shape index (κ3) is 3.28. The Morgan fingerprint density at radius 1 is 1.58 bits per heavy atom. The van der Waals surface area contributed by atoms with E-state index in [0.29, 0.717) is 35.3 Å². The minimum atomic E-state index is -0.776. The molecule has 6 heteroatoms. The van der Waals surface area contributed by atoms with E-state index >= 15 is 0 Å². The van der Waals surface area contributed by atoms with E-state index in [1.54, 1.807) is 4.90 Å². The lowest BCUT2D eigenvalue weighted by molar-refractivity contribution is -0.137. The van der Waals surface area contributed by atoms with Crippen LogP contribution in [0.2, 0.25) is 5.02 Å². The van der Waals surface area contributed by atoms with Gasteiger partial charge in [0.15, 0.2) is 0 Å². The highest BCUT2D eigenvalue weighted by Gasteiger charge is 2.29. The van der Waals surface area contributed by atoms with E-state index in [-0.39, 0.29) is 12.3 Å². The summed E-state index contributed by atoms with van der Waals surface area (Å²) in [5.74, 6) is -0.512. The van der Waals surface area contributed by atoms with Crippen molar-refractivity contribution in [1.29, 1.82) is 0 Å². The van der Waals surface area contributed by atoms with Gasteiger partial charge in [-0.15, -0.1) is 11.3 Å². The minimum Gasteiger partial charge on any atom is -0.481 e. The number of carboxylic acids is 1. The van der Waals surface area contributed by atoms with Crippen LogP contribution in [-0.2, 0) is 4.79 Å². The molecule has 104 valence electrons. The van der Waals surface area contributed by atoms with Crippen molar-refractivity contribution < 1.29 is 14.7 Å². The molecular formula is C13H16ClNO3S. The third-order valence-electron chi connectivity index (χ3n) is 3.43. The van der Waals surface area contributed by atoms with Gasteiger partial charge in [0.25, 0.3) is 5.91 Å². The Balaban J connectivity index is 1.95. The zero-order valence-corrected chi connectivity index (χ0v) is 12.3. The lowest BCUT2D eigenvalue weighted by Gasteiger charge is -2.15. The van der Waals surface area contributed by atoms with Crippen LogP contribution in [0, 0.1) is 12.8 Å². The van der Waals surface area contributed by atoms with Crippen LogP contribution in [0.3, 0.4) is 0 Å². The maximum absolute atomic E-state index is 12.3. The van der Waals surface area contributed by atoms with Gasteiger partial charge in [-0.2, -0.15) is 0 Å². The fraction of sp³-hybridized carbons (Fsp3) is 0.538. The second kappa shape index (κ2) is 5.92. The molecule has 2 rings (SSSR count). The zero-order valence-electron chi connectivity index (χ0n) is 10.7. The van der Waals surface area contributed by atoms with Crippen molar-refractivity contribution in [3.8, 4) is 0 Å². The number of aliphatic carboxylic acids is 1. The molecule has 19 heavy (non-hydrogen) atoms. The normalized spacial score (nSPS) is 18.8. The lowest BCUT2D eigenvalue weighted by atomic mass is 10.0. The molecule has 1 atom stereocenters. The lowest BCUT2D eigenvalue weighted by Crippen LogP contribution is -2.28. The molecule has 1 fully saturated rings. The van der Waals surface area contributed by atoms with E-state index in [1.807, 2.05) is 12.3 Å². The van der Waals surface area contributed by atoms with Crippen molar-refractivity contribution in [2.45, 2.75) is 26.2 Å². The summed E-state index contributed by atoms with van der Waals surface area (Å²) in [6.07, 6.45) is 1.68. The minimum absolute atomic E-state index is 0.0269. The second-order valence-electron chi connectivity index (χ2n) is 4.90. The van der Waals surface area contributed by atoms with Crippen LogP contribution in [0.15, 0.2) is 5.38 Å². The summed E-state index contributed by atoms with van der Waals surface area (Å²) < 4.78 is 0. The number of nitrogens with zero attached hydrogens (tertiary/aromatic N) is 1.